The Balaban J connectivity index is 2.91. The van der Waals surface area contributed by atoms with Gasteiger partial charge in [0.05, 0.1) is 4.92 Å². The second kappa shape index (κ2) is 7.73. The first-order chi connectivity index (χ1) is 11.4. The van der Waals surface area contributed by atoms with Gasteiger partial charge in [-0.1, -0.05) is 0 Å². The Morgan fingerprint density at radius 2 is 1.96 bits per heavy atom. The lowest BCUT2D eigenvalue weighted by Gasteiger charge is -2.22. The normalized spacial score (nSPS) is 12.2. The van der Waals surface area contributed by atoms with Gasteiger partial charge in [-0.25, -0.2) is 14.0 Å². The number of alkyl carbamates (subject to hydrolysis) is 1. The molecule has 1 unspecified atom stereocenters. The van der Waals surface area contributed by atoms with Crippen molar-refractivity contribution in [2.24, 2.45) is 0 Å². The predicted molar refractivity (Wildman–Crippen MR) is 79.3 cm³/mol. The van der Waals surface area contributed by atoms with E-state index in [1.165, 1.54) is 0 Å². The number of nitrogens with one attached hydrogen (secondary N) is 1. The van der Waals surface area contributed by atoms with Gasteiger partial charge in [0.25, 0.3) is 0 Å². The quantitative estimate of drug-likeness (QED) is 0.586. The largest absolute Gasteiger partial charge is 0.484 e. The molecule has 1 atom stereocenters. The van der Waals surface area contributed by atoms with Crippen LogP contribution in [-0.4, -0.2) is 40.3 Å². The fourth-order valence-corrected chi connectivity index (χ4v) is 1.63. The topological polar surface area (TPSA) is 128 Å². The van der Waals surface area contributed by atoms with Crippen LogP contribution in [0.25, 0.3) is 0 Å². The van der Waals surface area contributed by atoms with E-state index in [0.717, 1.165) is 0 Å². The average Bonchev–Trinajstić information content (AvgIpc) is 2.39. The van der Waals surface area contributed by atoms with E-state index in [1.807, 2.05) is 5.32 Å². The lowest BCUT2D eigenvalue weighted by atomic mass is 10.2. The molecule has 0 heterocycles. The summed E-state index contributed by atoms with van der Waals surface area (Å²) in [6, 6.07) is -0.840. The van der Waals surface area contributed by atoms with Crippen molar-refractivity contribution in [2.75, 3.05) is 6.61 Å². The van der Waals surface area contributed by atoms with Crippen LogP contribution < -0.4 is 10.1 Å². The van der Waals surface area contributed by atoms with Crippen LogP contribution in [0.1, 0.15) is 20.8 Å². The molecule has 0 aliphatic rings. The highest BCUT2D eigenvalue weighted by Gasteiger charge is 2.28. The number of carbonyl (C=O) groups excluding carboxylic acids is 1. The Morgan fingerprint density at radius 3 is 2.44 bits per heavy atom. The van der Waals surface area contributed by atoms with Gasteiger partial charge in [-0.3, -0.25) is 10.1 Å². The zero-order chi connectivity index (χ0) is 19.4. The Labute approximate surface area is 140 Å². The fourth-order valence-electron chi connectivity index (χ4n) is 1.63. The number of carboxylic acids is 1. The molecule has 0 aliphatic heterocycles. The third kappa shape index (κ3) is 6.20. The Kier molecular flexibility index (Phi) is 6.20. The first-order valence-corrected chi connectivity index (χ1v) is 6.89. The van der Waals surface area contributed by atoms with E-state index in [1.54, 1.807) is 20.8 Å². The number of halogens is 2. The molecule has 0 bridgehead atoms. The van der Waals surface area contributed by atoms with Crippen molar-refractivity contribution in [2.45, 2.75) is 32.4 Å². The number of ether oxygens (including phenoxy) is 2. The first-order valence-electron chi connectivity index (χ1n) is 6.89. The second-order valence-corrected chi connectivity index (χ2v) is 5.84. The van der Waals surface area contributed by atoms with E-state index >= 15 is 0 Å². The molecule has 1 amide bonds. The molecule has 0 saturated heterocycles. The second-order valence-electron chi connectivity index (χ2n) is 5.84. The molecule has 11 heteroatoms. The number of hydrogen-bond donors (Lipinski definition) is 2. The Morgan fingerprint density at radius 1 is 1.36 bits per heavy atom. The van der Waals surface area contributed by atoms with Gasteiger partial charge in [-0.05, 0) is 20.8 Å². The summed E-state index contributed by atoms with van der Waals surface area (Å²) >= 11 is 0. The molecule has 0 aliphatic carbocycles. The number of nitro benzene ring substituents is 1. The van der Waals surface area contributed by atoms with E-state index in [4.69, 9.17) is 14.6 Å². The maximum atomic E-state index is 13.5. The van der Waals surface area contributed by atoms with Crippen molar-refractivity contribution in [1.82, 2.24) is 5.32 Å². The van der Waals surface area contributed by atoms with Gasteiger partial charge in [-0.2, -0.15) is 4.39 Å². The summed E-state index contributed by atoms with van der Waals surface area (Å²) in [5, 5.41) is 21.9. The van der Waals surface area contributed by atoms with Crippen molar-refractivity contribution < 1.29 is 37.9 Å². The average molecular weight is 362 g/mol. The summed E-state index contributed by atoms with van der Waals surface area (Å²) in [5.41, 5.74) is -2.04. The number of hydrogen-bond acceptors (Lipinski definition) is 6. The summed E-state index contributed by atoms with van der Waals surface area (Å²) in [5.74, 6) is -4.97. The minimum atomic E-state index is -1.67. The summed E-state index contributed by atoms with van der Waals surface area (Å²) in [6.45, 7) is 3.84. The molecule has 9 nitrogen and oxygen atoms in total. The molecule has 2 N–H and O–H groups in total. The van der Waals surface area contributed by atoms with Gasteiger partial charge in [0.2, 0.25) is 11.6 Å². The van der Waals surface area contributed by atoms with Crippen molar-refractivity contribution in [1.29, 1.82) is 0 Å². The summed E-state index contributed by atoms with van der Waals surface area (Å²) in [6.07, 6.45) is -1.07. The van der Waals surface area contributed by atoms with E-state index < -0.39 is 58.3 Å². The zero-order valence-electron chi connectivity index (χ0n) is 13.5. The molecular weight excluding hydrogens is 346 g/mol. The van der Waals surface area contributed by atoms with Crippen molar-refractivity contribution in [3.8, 4) is 5.75 Å². The predicted octanol–water partition coefficient (Wildman–Crippen LogP) is 2.23. The summed E-state index contributed by atoms with van der Waals surface area (Å²) in [4.78, 5) is 32.4. The number of benzene rings is 1. The molecule has 25 heavy (non-hydrogen) atoms. The number of carboxylic acid groups (broad SMARTS) is 1. The molecule has 1 rings (SSSR count). The van der Waals surface area contributed by atoms with Gasteiger partial charge in [0, 0.05) is 12.1 Å². The highest BCUT2D eigenvalue weighted by Crippen LogP contribution is 2.31. The monoisotopic (exact) mass is 362 g/mol. The van der Waals surface area contributed by atoms with Crippen LogP contribution in [0.3, 0.4) is 0 Å². The van der Waals surface area contributed by atoms with Crippen molar-refractivity contribution in [3.05, 3.63) is 33.9 Å². The Hall–Kier alpha value is -2.98. The molecule has 0 radical (unpaired) electrons. The van der Waals surface area contributed by atoms with Crippen LogP contribution >= 0.6 is 0 Å². The molecule has 0 spiro atoms. The summed E-state index contributed by atoms with van der Waals surface area (Å²) < 4.78 is 36.4. The SMILES string of the molecule is CC(C)(C)OC(=O)NC(COc1cc(F)cc(F)c1[N+](=O)[O-])C(=O)O. The van der Waals surface area contributed by atoms with Crippen molar-refractivity contribution in [3.63, 3.8) is 0 Å². The Bertz CT molecular complexity index is 688. The smallest absolute Gasteiger partial charge is 0.408 e. The van der Waals surface area contributed by atoms with Crippen LogP contribution in [0.15, 0.2) is 12.1 Å². The molecule has 0 aromatic heterocycles. The number of carbonyl (C=O) groups is 2. The van der Waals surface area contributed by atoms with Crippen LogP contribution in [0.2, 0.25) is 0 Å². The van der Waals surface area contributed by atoms with Crippen molar-refractivity contribution >= 4 is 17.7 Å². The van der Waals surface area contributed by atoms with Gasteiger partial charge < -0.3 is 19.9 Å². The van der Waals surface area contributed by atoms with E-state index in [-0.39, 0.29) is 0 Å². The van der Waals surface area contributed by atoms with E-state index in [2.05, 4.69) is 0 Å². The van der Waals surface area contributed by atoms with Gasteiger partial charge >= 0.3 is 17.7 Å². The third-order valence-electron chi connectivity index (χ3n) is 2.57. The number of nitrogens with zero attached hydrogens (tertiary/aromatic N) is 1. The number of rotatable bonds is 6. The number of amides is 1. The minimum absolute atomic E-state index is 0.290. The number of nitro groups is 1. The molecule has 138 valence electrons. The maximum absolute atomic E-state index is 13.5. The van der Waals surface area contributed by atoms with Crippen LogP contribution in [-0.2, 0) is 9.53 Å². The van der Waals surface area contributed by atoms with Crippen LogP contribution in [0, 0.1) is 21.7 Å². The minimum Gasteiger partial charge on any atom is -0.484 e. The molecule has 1 aromatic carbocycles. The maximum Gasteiger partial charge on any atom is 0.408 e. The highest BCUT2D eigenvalue weighted by molar-refractivity contribution is 5.80. The third-order valence-corrected chi connectivity index (χ3v) is 2.57. The zero-order valence-corrected chi connectivity index (χ0v) is 13.5. The number of aliphatic carboxylic acids is 1. The fraction of sp³-hybridized carbons (Fsp3) is 0.429. The van der Waals surface area contributed by atoms with E-state index in [9.17, 15) is 28.5 Å². The molecule has 0 saturated carbocycles. The summed E-state index contributed by atoms with van der Waals surface area (Å²) in [7, 11) is 0. The van der Waals surface area contributed by atoms with Gasteiger partial charge in [-0.15, -0.1) is 0 Å². The lowest BCUT2D eigenvalue weighted by Crippen LogP contribution is -2.46. The first kappa shape index (κ1) is 20.1. The van der Waals surface area contributed by atoms with Gasteiger partial charge in [0.15, 0.2) is 6.04 Å². The van der Waals surface area contributed by atoms with Crippen LogP contribution in [0.5, 0.6) is 5.75 Å². The standard InChI is InChI=1S/C14H16F2N2O7/c1-14(2,3)25-13(21)17-9(12(19)20)6-24-10-5-7(15)4-8(16)11(10)18(22)23/h4-5,9H,6H2,1-3H3,(H,17,21)(H,19,20). The molecular formula is C14H16F2N2O7. The molecule has 1 aromatic rings. The highest BCUT2D eigenvalue weighted by atomic mass is 19.1. The van der Waals surface area contributed by atoms with Gasteiger partial charge in [0.1, 0.15) is 18.0 Å². The molecule has 0 fully saturated rings. The van der Waals surface area contributed by atoms with E-state index in [0.29, 0.717) is 12.1 Å². The lowest BCUT2D eigenvalue weighted by molar-refractivity contribution is -0.388. The van der Waals surface area contributed by atoms with Crippen LogP contribution in [0.4, 0.5) is 19.3 Å².